The molecule has 14 nitrogen and oxygen atoms in total. The summed E-state index contributed by atoms with van der Waals surface area (Å²) in [5.74, 6) is -1.49. The normalized spacial score (nSPS) is 12.5. The molecule has 0 aliphatic heterocycles. The predicted octanol–water partition coefficient (Wildman–Crippen LogP) is 3.28. The van der Waals surface area contributed by atoms with E-state index in [-0.39, 0.29) is 56.6 Å². The first-order valence-corrected chi connectivity index (χ1v) is 13.9. The van der Waals surface area contributed by atoms with Gasteiger partial charge in [0.1, 0.15) is 18.7 Å². The van der Waals surface area contributed by atoms with Crippen LogP contribution in [0.15, 0.2) is 29.4 Å². The number of azide groups is 1. The zero-order valence-electron chi connectivity index (χ0n) is 25.4. The molecule has 0 radical (unpaired) electrons. The largest absolute Gasteiger partial charge is 0.445 e. The molecule has 14 heteroatoms. The SMILES string of the molecule is CC(C)[C@H](NC(=O)CCOCCOCCN=[N+]=[N-])C(=O)N[C@@H](C)C(=O)Nc1ccc(COC(=O)NCC(C)(C)C)cc1. The molecule has 42 heavy (non-hydrogen) atoms. The van der Waals surface area contributed by atoms with E-state index in [1.165, 1.54) is 0 Å². The van der Waals surface area contributed by atoms with Gasteiger partial charge in [-0.3, -0.25) is 14.4 Å². The van der Waals surface area contributed by atoms with E-state index in [2.05, 4.69) is 31.3 Å². The summed E-state index contributed by atoms with van der Waals surface area (Å²) < 4.78 is 15.8. The van der Waals surface area contributed by atoms with Crippen molar-refractivity contribution in [3.63, 3.8) is 0 Å². The molecule has 1 aromatic carbocycles. The van der Waals surface area contributed by atoms with Crippen molar-refractivity contribution in [1.82, 2.24) is 16.0 Å². The number of hydrogen-bond donors (Lipinski definition) is 4. The Labute approximate surface area is 247 Å². The van der Waals surface area contributed by atoms with Gasteiger partial charge < -0.3 is 35.5 Å². The Morgan fingerprint density at radius 2 is 1.57 bits per heavy atom. The molecule has 4 N–H and O–H groups in total. The number of hydrogen-bond acceptors (Lipinski definition) is 8. The van der Waals surface area contributed by atoms with Crippen molar-refractivity contribution in [3.8, 4) is 0 Å². The Bertz CT molecular complexity index is 1050. The highest BCUT2D eigenvalue weighted by Gasteiger charge is 2.27. The van der Waals surface area contributed by atoms with Crippen LogP contribution in [0.5, 0.6) is 0 Å². The summed E-state index contributed by atoms with van der Waals surface area (Å²) in [4.78, 5) is 52.3. The fraction of sp³-hybridized carbons (Fsp3) is 0.643. The minimum absolute atomic E-state index is 0.0495. The van der Waals surface area contributed by atoms with Gasteiger partial charge in [-0.1, -0.05) is 51.9 Å². The Kier molecular flexibility index (Phi) is 16.6. The van der Waals surface area contributed by atoms with Crippen LogP contribution >= 0.6 is 0 Å². The third-order valence-corrected chi connectivity index (χ3v) is 5.62. The summed E-state index contributed by atoms with van der Waals surface area (Å²) in [6.07, 6.45) is -0.452. The van der Waals surface area contributed by atoms with Gasteiger partial charge in [0.25, 0.3) is 0 Å². The van der Waals surface area contributed by atoms with Crippen LogP contribution in [0.25, 0.3) is 10.4 Å². The van der Waals surface area contributed by atoms with Gasteiger partial charge >= 0.3 is 6.09 Å². The summed E-state index contributed by atoms with van der Waals surface area (Å²) in [7, 11) is 0. The van der Waals surface area contributed by atoms with E-state index in [0.29, 0.717) is 18.8 Å². The molecule has 1 rings (SSSR count). The number of alkyl carbamates (subject to hydrolysis) is 1. The number of benzene rings is 1. The maximum Gasteiger partial charge on any atom is 0.407 e. The van der Waals surface area contributed by atoms with Gasteiger partial charge in [-0.25, -0.2) is 4.79 Å². The molecule has 0 spiro atoms. The second kappa shape index (κ2) is 19.3. The van der Waals surface area contributed by atoms with Crippen molar-refractivity contribution >= 4 is 29.5 Å². The van der Waals surface area contributed by atoms with Crippen LogP contribution in [0.3, 0.4) is 0 Å². The number of carbonyl (C=O) groups is 4. The first-order valence-electron chi connectivity index (χ1n) is 13.9. The quantitative estimate of drug-likeness (QED) is 0.0870. The molecule has 4 amide bonds. The van der Waals surface area contributed by atoms with E-state index in [0.717, 1.165) is 5.56 Å². The van der Waals surface area contributed by atoms with Crippen LogP contribution in [0, 0.1) is 11.3 Å². The van der Waals surface area contributed by atoms with Gasteiger partial charge in [0.2, 0.25) is 17.7 Å². The molecule has 234 valence electrons. The predicted molar refractivity (Wildman–Crippen MR) is 157 cm³/mol. The standard InChI is InChI=1S/C28H45N7O7/c1-19(2)24(34-23(36)11-13-40-15-16-41-14-12-31-35-29)26(38)32-20(3)25(37)33-22-9-7-21(8-10-22)17-42-27(39)30-18-28(4,5)6/h7-10,19-20,24H,11-18H2,1-6H3,(H,30,39)(H,32,38)(H,33,37)(H,34,36)/t20-,24-/m0/s1. The molecule has 0 unspecified atom stereocenters. The van der Waals surface area contributed by atoms with Crippen LogP contribution in [0.4, 0.5) is 10.5 Å². The number of rotatable bonds is 18. The summed E-state index contributed by atoms with van der Waals surface area (Å²) in [5, 5.41) is 14.1. The summed E-state index contributed by atoms with van der Waals surface area (Å²) in [6, 6.07) is 5.09. The highest BCUT2D eigenvalue weighted by molar-refractivity contribution is 5.98. The minimum atomic E-state index is -0.868. The number of carbonyl (C=O) groups excluding carboxylic acids is 4. The van der Waals surface area contributed by atoms with Crippen molar-refractivity contribution in [2.45, 2.75) is 66.7 Å². The third kappa shape index (κ3) is 16.4. The van der Waals surface area contributed by atoms with Crippen LogP contribution < -0.4 is 21.3 Å². The second-order valence-electron chi connectivity index (χ2n) is 11.1. The highest BCUT2D eigenvalue weighted by Crippen LogP contribution is 2.13. The maximum atomic E-state index is 12.9. The summed E-state index contributed by atoms with van der Waals surface area (Å²) in [6.45, 7) is 13.0. The van der Waals surface area contributed by atoms with Crippen molar-refractivity contribution in [1.29, 1.82) is 0 Å². The van der Waals surface area contributed by atoms with Gasteiger partial charge in [0.15, 0.2) is 0 Å². The molecule has 2 atom stereocenters. The number of nitrogens with zero attached hydrogens (tertiary/aromatic N) is 3. The number of anilines is 1. The van der Waals surface area contributed by atoms with Crippen LogP contribution in [-0.4, -0.2) is 75.4 Å². The van der Waals surface area contributed by atoms with E-state index in [4.69, 9.17) is 19.7 Å². The van der Waals surface area contributed by atoms with Gasteiger partial charge in [0, 0.05) is 30.1 Å². The number of ether oxygens (including phenoxy) is 3. The van der Waals surface area contributed by atoms with Gasteiger partial charge in [-0.05, 0) is 41.5 Å². The van der Waals surface area contributed by atoms with Crippen molar-refractivity contribution in [2.75, 3.05) is 44.8 Å². The van der Waals surface area contributed by atoms with E-state index in [9.17, 15) is 19.2 Å². The van der Waals surface area contributed by atoms with Gasteiger partial charge in [-0.2, -0.15) is 0 Å². The van der Waals surface area contributed by atoms with Crippen molar-refractivity contribution < 1.29 is 33.4 Å². The first kappa shape index (κ1) is 36.2. The van der Waals surface area contributed by atoms with Crippen molar-refractivity contribution in [3.05, 3.63) is 40.3 Å². The van der Waals surface area contributed by atoms with Crippen molar-refractivity contribution in [2.24, 2.45) is 16.4 Å². The van der Waals surface area contributed by atoms with Crippen LogP contribution in [0.2, 0.25) is 0 Å². The molecule has 0 heterocycles. The van der Waals surface area contributed by atoms with E-state index >= 15 is 0 Å². The average molecular weight is 592 g/mol. The highest BCUT2D eigenvalue weighted by atomic mass is 16.5. The lowest BCUT2D eigenvalue weighted by atomic mass is 9.97. The molecule has 0 aliphatic rings. The molecule has 0 fully saturated rings. The molecular formula is C28H45N7O7. The molecule has 0 aliphatic carbocycles. The molecule has 0 aromatic heterocycles. The zero-order chi connectivity index (χ0) is 31.5. The van der Waals surface area contributed by atoms with Gasteiger partial charge in [0.05, 0.1) is 26.4 Å². The second-order valence-corrected chi connectivity index (χ2v) is 11.1. The zero-order valence-corrected chi connectivity index (χ0v) is 25.4. The lowest BCUT2D eigenvalue weighted by Crippen LogP contribution is -2.53. The van der Waals surface area contributed by atoms with E-state index < -0.39 is 30.0 Å². The molecule has 1 aromatic rings. The minimum Gasteiger partial charge on any atom is -0.445 e. The monoisotopic (exact) mass is 591 g/mol. The number of amides is 4. The Morgan fingerprint density at radius 3 is 2.17 bits per heavy atom. The van der Waals surface area contributed by atoms with Gasteiger partial charge in [-0.15, -0.1) is 0 Å². The average Bonchev–Trinajstić information content (AvgIpc) is 2.92. The summed E-state index contributed by atoms with van der Waals surface area (Å²) >= 11 is 0. The lowest BCUT2D eigenvalue weighted by molar-refractivity contribution is -0.132. The Hall–Kier alpha value is -3.87. The number of nitrogens with one attached hydrogen (secondary N) is 4. The smallest absolute Gasteiger partial charge is 0.407 e. The van der Waals surface area contributed by atoms with Crippen LogP contribution in [-0.2, 0) is 35.2 Å². The van der Waals surface area contributed by atoms with Crippen LogP contribution in [0.1, 0.15) is 53.5 Å². The fourth-order valence-corrected chi connectivity index (χ4v) is 3.26. The molecule has 0 saturated carbocycles. The van der Waals surface area contributed by atoms with E-state index in [1.807, 2.05) is 20.8 Å². The summed E-state index contributed by atoms with van der Waals surface area (Å²) in [5.41, 5.74) is 9.39. The lowest BCUT2D eigenvalue weighted by Gasteiger charge is -2.24. The molecular weight excluding hydrogens is 546 g/mol. The maximum absolute atomic E-state index is 12.9. The fourth-order valence-electron chi connectivity index (χ4n) is 3.26. The molecule has 0 saturated heterocycles. The Balaban J connectivity index is 2.44. The Morgan fingerprint density at radius 1 is 0.929 bits per heavy atom. The first-order chi connectivity index (χ1) is 19.8. The molecule has 0 bridgehead atoms. The third-order valence-electron chi connectivity index (χ3n) is 5.62. The van der Waals surface area contributed by atoms with E-state index in [1.54, 1.807) is 45.0 Å². The topological polar surface area (TPSA) is 193 Å².